The lowest BCUT2D eigenvalue weighted by molar-refractivity contribution is -0.119. The second kappa shape index (κ2) is 5.14. The maximum atomic E-state index is 12.0. The third-order valence-electron chi connectivity index (χ3n) is 3.09. The molecule has 1 aromatic heterocycles. The molecule has 0 aliphatic rings. The highest BCUT2D eigenvalue weighted by molar-refractivity contribution is 6.01. The zero-order valence-electron chi connectivity index (χ0n) is 10.6. The fourth-order valence-corrected chi connectivity index (χ4v) is 1.69. The molecule has 2 rings (SSSR count). The van der Waals surface area contributed by atoms with E-state index in [4.69, 9.17) is 5.73 Å². The van der Waals surface area contributed by atoms with E-state index in [1.807, 2.05) is 44.2 Å². The summed E-state index contributed by atoms with van der Waals surface area (Å²) in [7, 11) is 0. The van der Waals surface area contributed by atoms with E-state index in [2.05, 4.69) is 10.3 Å². The smallest absolute Gasteiger partial charge is 0.228 e. The zero-order chi connectivity index (χ0) is 13.1. The van der Waals surface area contributed by atoms with Crippen molar-refractivity contribution in [2.24, 2.45) is 11.7 Å². The standard InChI is InChI=1S/C14H17N3O/c1-9(10(2)15)14(18)17-12-7-3-5-11-6-4-8-16-13(11)12/h3-10H,15H2,1-2H3,(H,17,18). The Bertz CT molecular complexity index is 560. The Morgan fingerprint density at radius 1 is 1.28 bits per heavy atom. The summed E-state index contributed by atoms with van der Waals surface area (Å²) in [5, 5.41) is 3.89. The molecule has 18 heavy (non-hydrogen) atoms. The van der Waals surface area contributed by atoms with Gasteiger partial charge in [-0.05, 0) is 19.1 Å². The lowest BCUT2D eigenvalue weighted by Gasteiger charge is -2.16. The first-order chi connectivity index (χ1) is 8.59. The van der Waals surface area contributed by atoms with E-state index in [-0.39, 0.29) is 17.9 Å². The van der Waals surface area contributed by atoms with Gasteiger partial charge in [-0.15, -0.1) is 0 Å². The van der Waals surface area contributed by atoms with Gasteiger partial charge in [-0.1, -0.05) is 25.1 Å². The van der Waals surface area contributed by atoms with Crippen molar-refractivity contribution in [3.05, 3.63) is 36.5 Å². The summed E-state index contributed by atoms with van der Waals surface area (Å²) in [5.74, 6) is -0.313. The molecule has 0 bridgehead atoms. The summed E-state index contributed by atoms with van der Waals surface area (Å²) in [6, 6.07) is 9.38. The summed E-state index contributed by atoms with van der Waals surface area (Å²) in [4.78, 5) is 16.3. The normalized spacial score (nSPS) is 14.2. The van der Waals surface area contributed by atoms with Gasteiger partial charge in [0, 0.05) is 17.6 Å². The first kappa shape index (κ1) is 12.5. The van der Waals surface area contributed by atoms with E-state index in [0.717, 1.165) is 16.6 Å². The molecule has 0 saturated carbocycles. The van der Waals surface area contributed by atoms with Crippen LogP contribution in [-0.2, 0) is 4.79 Å². The highest BCUT2D eigenvalue weighted by Gasteiger charge is 2.17. The van der Waals surface area contributed by atoms with Crippen LogP contribution in [0.1, 0.15) is 13.8 Å². The van der Waals surface area contributed by atoms with E-state index in [1.165, 1.54) is 0 Å². The number of anilines is 1. The Morgan fingerprint density at radius 2 is 2.00 bits per heavy atom. The van der Waals surface area contributed by atoms with Crippen molar-refractivity contribution >= 4 is 22.5 Å². The van der Waals surface area contributed by atoms with Gasteiger partial charge in [0.2, 0.25) is 5.91 Å². The highest BCUT2D eigenvalue weighted by atomic mass is 16.1. The molecule has 2 aromatic rings. The van der Waals surface area contributed by atoms with Crippen molar-refractivity contribution < 1.29 is 4.79 Å². The molecule has 1 amide bonds. The summed E-state index contributed by atoms with van der Waals surface area (Å²) >= 11 is 0. The van der Waals surface area contributed by atoms with Crippen LogP contribution in [-0.4, -0.2) is 16.9 Å². The second-order valence-electron chi connectivity index (χ2n) is 4.52. The minimum absolute atomic E-state index is 0.0804. The summed E-state index contributed by atoms with van der Waals surface area (Å²) in [5.41, 5.74) is 7.25. The van der Waals surface area contributed by atoms with Crippen molar-refractivity contribution in [1.29, 1.82) is 0 Å². The van der Waals surface area contributed by atoms with Crippen LogP contribution in [0.5, 0.6) is 0 Å². The number of hydrogen-bond acceptors (Lipinski definition) is 3. The lowest BCUT2D eigenvalue weighted by Crippen LogP contribution is -2.34. The van der Waals surface area contributed by atoms with Gasteiger partial charge in [0.25, 0.3) is 0 Å². The maximum Gasteiger partial charge on any atom is 0.228 e. The van der Waals surface area contributed by atoms with Gasteiger partial charge in [0.15, 0.2) is 0 Å². The molecule has 0 saturated heterocycles. The van der Waals surface area contributed by atoms with Crippen molar-refractivity contribution in [2.45, 2.75) is 19.9 Å². The number of para-hydroxylation sites is 1. The van der Waals surface area contributed by atoms with Crippen LogP contribution in [0.4, 0.5) is 5.69 Å². The van der Waals surface area contributed by atoms with E-state index in [0.29, 0.717) is 0 Å². The zero-order valence-corrected chi connectivity index (χ0v) is 10.6. The third-order valence-corrected chi connectivity index (χ3v) is 3.09. The minimum Gasteiger partial charge on any atom is -0.327 e. The van der Waals surface area contributed by atoms with E-state index in [1.54, 1.807) is 6.20 Å². The number of aromatic nitrogens is 1. The molecule has 0 aliphatic carbocycles. The Morgan fingerprint density at radius 3 is 2.72 bits per heavy atom. The van der Waals surface area contributed by atoms with Crippen LogP contribution in [0.15, 0.2) is 36.5 Å². The number of amides is 1. The number of hydrogen-bond donors (Lipinski definition) is 2. The number of rotatable bonds is 3. The fourth-order valence-electron chi connectivity index (χ4n) is 1.69. The van der Waals surface area contributed by atoms with Crippen LogP contribution in [0.25, 0.3) is 10.9 Å². The molecule has 4 heteroatoms. The Hall–Kier alpha value is -1.94. The third kappa shape index (κ3) is 2.49. The summed E-state index contributed by atoms with van der Waals surface area (Å²) < 4.78 is 0. The fraction of sp³-hybridized carbons (Fsp3) is 0.286. The Balaban J connectivity index is 2.30. The van der Waals surface area contributed by atoms with E-state index in [9.17, 15) is 4.79 Å². The summed E-state index contributed by atoms with van der Waals surface area (Å²) in [6.07, 6.45) is 1.72. The van der Waals surface area contributed by atoms with Crippen LogP contribution in [0, 0.1) is 5.92 Å². The van der Waals surface area contributed by atoms with Gasteiger partial charge < -0.3 is 11.1 Å². The SMILES string of the molecule is CC(N)C(C)C(=O)Nc1cccc2cccnc12. The van der Waals surface area contributed by atoms with E-state index < -0.39 is 0 Å². The van der Waals surface area contributed by atoms with E-state index >= 15 is 0 Å². The van der Waals surface area contributed by atoms with Crippen molar-refractivity contribution in [3.63, 3.8) is 0 Å². The van der Waals surface area contributed by atoms with Gasteiger partial charge in [-0.3, -0.25) is 9.78 Å². The largest absolute Gasteiger partial charge is 0.327 e. The molecule has 1 aromatic carbocycles. The average molecular weight is 243 g/mol. The number of nitrogens with zero attached hydrogens (tertiary/aromatic N) is 1. The molecule has 0 radical (unpaired) electrons. The molecule has 2 unspecified atom stereocenters. The van der Waals surface area contributed by atoms with Crippen molar-refractivity contribution in [1.82, 2.24) is 4.98 Å². The number of fused-ring (bicyclic) bond motifs is 1. The number of benzene rings is 1. The predicted octanol–water partition coefficient (Wildman–Crippen LogP) is 2.16. The second-order valence-corrected chi connectivity index (χ2v) is 4.52. The van der Waals surface area contributed by atoms with Gasteiger partial charge in [0.1, 0.15) is 0 Å². The first-order valence-electron chi connectivity index (χ1n) is 6.00. The number of nitrogens with one attached hydrogen (secondary N) is 1. The summed E-state index contributed by atoms with van der Waals surface area (Å²) in [6.45, 7) is 3.64. The molecule has 2 atom stereocenters. The molecule has 0 spiro atoms. The van der Waals surface area contributed by atoms with Crippen LogP contribution >= 0.6 is 0 Å². The van der Waals surface area contributed by atoms with Crippen molar-refractivity contribution in [2.75, 3.05) is 5.32 Å². The highest BCUT2D eigenvalue weighted by Crippen LogP contribution is 2.21. The van der Waals surface area contributed by atoms with Gasteiger partial charge >= 0.3 is 0 Å². The molecule has 4 nitrogen and oxygen atoms in total. The number of carbonyl (C=O) groups is 1. The Kier molecular flexibility index (Phi) is 3.58. The van der Waals surface area contributed by atoms with Crippen LogP contribution in [0.3, 0.4) is 0 Å². The maximum absolute atomic E-state index is 12.0. The number of nitrogens with two attached hydrogens (primary N) is 1. The monoisotopic (exact) mass is 243 g/mol. The molecule has 0 aliphatic heterocycles. The van der Waals surface area contributed by atoms with Gasteiger partial charge in [-0.25, -0.2) is 0 Å². The van der Waals surface area contributed by atoms with Crippen molar-refractivity contribution in [3.8, 4) is 0 Å². The molecular formula is C14H17N3O. The molecule has 1 heterocycles. The Labute approximate surface area is 106 Å². The average Bonchev–Trinajstić information content (AvgIpc) is 2.38. The molecule has 3 N–H and O–H groups in total. The number of pyridine rings is 1. The van der Waals surface area contributed by atoms with Gasteiger partial charge in [0.05, 0.1) is 17.1 Å². The quantitative estimate of drug-likeness (QED) is 0.868. The molecule has 0 fully saturated rings. The molecular weight excluding hydrogens is 226 g/mol. The van der Waals surface area contributed by atoms with Crippen LogP contribution < -0.4 is 11.1 Å². The first-order valence-corrected chi connectivity index (χ1v) is 6.00. The number of carbonyl (C=O) groups excluding carboxylic acids is 1. The predicted molar refractivity (Wildman–Crippen MR) is 73.2 cm³/mol. The van der Waals surface area contributed by atoms with Crippen LogP contribution in [0.2, 0.25) is 0 Å². The topological polar surface area (TPSA) is 68.0 Å². The van der Waals surface area contributed by atoms with Gasteiger partial charge in [-0.2, -0.15) is 0 Å². The molecule has 94 valence electrons. The minimum atomic E-state index is -0.232. The lowest BCUT2D eigenvalue weighted by atomic mass is 10.0.